The van der Waals surface area contributed by atoms with Crippen LogP contribution in [0.3, 0.4) is 0 Å². The number of aromatic nitrogens is 5. The Kier molecular flexibility index (Phi) is 5.33. The molecule has 0 aliphatic rings. The zero-order valence-electron chi connectivity index (χ0n) is 17.4. The molecule has 0 aliphatic heterocycles. The first-order valence-electron chi connectivity index (χ1n) is 9.67. The van der Waals surface area contributed by atoms with Gasteiger partial charge in [0.15, 0.2) is 0 Å². The minimum Gasteiger partial charge on any atom is -0.473 e. The van der Waals surface area contributed by atoms with Crippen molar-refractivity contribution in [1.29, 1.82) is 5.26 Å². The molecular formula is C23H20N6O2. The van der Waals surface area contributed by atoms with Crippen LogP contribution in [0.1, 0.15) is 22.4 Å². The van der Waals surface area contributed by atoms with E-state index < -0.39 is 0 Å². The van der Waals surface area contributed by atoms with Crippen LogP contribution in [0.4, 0.5) is 0 Å². The molecule has 4 aromatic rings. The van der Waals surface area contributed by atoms with E-state index in [1.165, 1.54) is 9.36 Å². The van der Waals surface area contributed by atoms with Crippen molar-refractivity contribution in [2.45, 2.75) is 20.5 Å². The zero-order valence-corrected chi connectivity index (χ0v) is 17.4. The smallest absolute Gasteiger partial charge is 0.368 e. The highest BCUT2D eigenvalue weighted by atomic mass is 16.5. The van der Waals surface area contributed by atoms with Crippen LogP contribution in [0.15, 0.2) is 59.4 Å². The number of pyridine rings is 1. The van der Waals surface area contributed by atoms with Gasteiger partial charge in [-0.3, -0.25) is 0 Å². The number of tetrazole rings is 1. The average molecular weight is 412 g/mol. The third-order valence-electron chi connectivity index (χ3n) is 5.06. The number of hydrogen-bond donors (Lipinski definition) is 0. The third kappa shape index (κ3) is 3.94. The fourth-order valence-corrected chi connectivity index (χ4v) is 3.36. The van der Waals surface area contributed by atoms with Crippen molar-refractivity contribution in [3.05, 3.63) is 87.5 Å². The van der Waals surface area contributed by atoms with E-state index in [4.69, 9.17) is 10.00 Å². The third-order valence-corrected chi connectivity index (χ3v) is 5.06. The van der Waals surface area contributed by atoms with Crippen molar-refractivity contribution in [2.24, 2.45) is 7.05 Å². The molecule has 0 saturated heterocycles. The first-order chi connectivity index (χ1) is 15.0. The molecule has 0 atom stereocenters. The van der Waals surface area contributed by atoms with Crippen molar-refractivity contribution in [1.82, 2.24) is 24.8 Å². The summed E-state index contributed by atoms with van der Waals surface area (Å²) in [6.07, 6.45) is 0. The van der Waals surface area contributed by atoms with Gasteiger partial charge in [-0.2, -0.15) is 14.6 Å². The predicted octanol–water partition coefficient (Wildman–Crippen LogP) is 3.10. The van der Waals surface area contributed by atoms with Crippen LogP contribution in [0.25, 0.3) is 16.8 Å². The summed E-state index contributed by atoms with van der Waals surface area (Å²) in [6, 6.07) is 18.9. The first kappa shape index (κ1) is 20.0. The lowest BCUT2D eigenvalue weighted by atomic mass is 10.0. The lowest BCUT2D eigenvalue weighted by molar-refractivity contribution is 0.292. The Bertz CT molecular complexity index is 1360. The SMILES string of the molecule is Cc1cccc(-n2nnn(C)c2=O)c1COc1ccc(-c2cccc(C#N)c2)c(C)n1. The summed E-state index contributed by atoms with van der Waals surface area (Å²) in [7, 11) is 1.55. The van der Waals surface area contributed by atoms with Gasteiger partial charge in [0.25, 0.3) is 0 Å². The number of nitriles is 1. The van der Waals surface area contributed by atoms with Gasteiger partial charge < -0.3 is 4.74 Å². The summed E-state index contributed by atoms with van der Waals surface area (Å²) in [5.74, 6) is 0.471. The van der Waals surface area contributed by atoms with Gasteiger partial charge in [0.1, 0.15) is 6.61 Å². The molecule has 8 nitrogen and oxygen atoms in total. The van der Waals surface area contributed by atoms with Crippen LogP contribution in [-0.4, -0.2) is 24.8 Å². The number of hydrogen-bond acceptors (Lipinski definition) is 6. The normalized spacial score (nSPS) is 10.6. The van der Waals surface area contributed by atoms with Crippen LogP contribution in [0.5, 0.6) is 5.88 Å². The first-order valence-corrected chi connectivity index (χ1v) is 9.67. The van der Waals surface area contributed by atoms with E-state index in [1.807, 2.05) is 56.3 Å². The molecule has 0 spiro atoms. The quantitative estimate of drug-likeness (QED) is 0.499. The second kappa shape index (κ2) is 8.24. The molecule has 0 radical (unpaired) electrons. The summed E-state index contributed by atoms with van der Waals surface area (Å²) < 4.78 is 8.40. The van der Waals surface area contributed by atoms with Crippen LogP contribution in [0.2, 0.25) is 0 Å². The topological polar surface area (TPSA) is 98.6 Å². The number of ether oxygens (including phenoxy) is 1. The summed E-state index contributed by atoms with van der Waals surface area (Å²) in [4.78, 5) is 16.9. The van der Waals surface area contributed by atoms with Gasteiger partial charge in [-0.1, -0.05) is 24.3 Å². The Morgan fingerprint density at radius 1 is 1.06 bits per heavy atom. The van der Waals surface area contributed by atoms with Gasteiger partial charge in [0.2, 0.25) is 5.88 Å². The molecule has 8 heteroatoms. The largest absolute Gasteiger partial charge is 0.473 e. The molecule has 2 aromatic carbocycles. The molecular weight excluding hydrogens is 392 g/mol. The Morgan fingerprint density at radius 2 is 1.87 bits per heavy atom. The standard InChI is InChI=1S/C23H20N6O2/c1-15-6-4-9-21(29-23(30)28(3)26-27-29)20(15)14-31-22-11-10-19(16(2)25-22)18-8-5-7-17(12-18)13-24/h4-12H,14H2,1-3H3. The molecule has 2 aromatic heterocycles. The molecule has 154 valence electrons. The lowest BCUT2D eigenvalue weighted by Crippen LogP contribution is -2.23. The van der Waals surface area contributed by atoms with E-state index in [1.54, 1.807) is 19.2 Å². The van der Waals surface area contributed by atoms with E-state index in [0.29, 0.717) is 17.1 Å². The van der Waals surface area contributed by atoms with E-state index in [9.17, 15) is 4.79 Å². The fraction of sp³-hybridized carbons (Fsp3) is 0.174. The summed E-state index contributed by atoms with van der Waals surface area (Å²) >= 11 is 0. The molecule has 0 aliphatic carbocycles. The summed E-state index contributed by atoms with van der Waals surface area (Å²) in [5.41, 5.74) is 5.36. The molecule has 0 bridgehead atoms. The van der Waals surface area contributed by atoms with Crippen LogP contribution >= 0.6 is 0 Å². The second-order valence-electron chi connectivity index (χ2n) is 7.13. The zero-order chi connectivity index (χ0) is 22.0. The van der Waals surface area contributed by atoms with Crippen molar-refractivity contribution >= 4 is 0 Å². The number of nitrogens with zero attached hydrogens (tertiary/aromatic N) is 6. The molecule has 0 amide bonds. The Hall–Kier alpha value is -4.25. The van der Waals surface area contributed by atoms with Gasteiger partial charge in [0, 0.05) is 29.9 Å². The maximum absolute atomic E-state index is 12.3. The molecule has 0 unspecified atom stereocenters. The maximum Gasteiger partial charge on any atom is 0.368 e. The Labute approximate surface area is 179 Å². The monoisotopic (exact) mass is 412 g/mol. The average Bonchev–Trinajstić information content (AvgIpc) is 3.11. The highest BCUT2D eigenvalue weighted by Crippen LogP contribution is 2.26. The molecule has 0 saturated carbocycles. The van der Waals surface area contributed by atoms with Gasteiger partial charge in [0.05, 0.1) is 17.3 Å². The van der Waals surface area contributed by atoms with Gasteiger partial charge >= 0.3 is 5.69 Å². The number of benzene rings is 2. The van der Waals surface area contributed by atoms with Crippen molar-refractivity contribution in [3.8, 4) is 28.8 Å². The van der Waals surface area contributed by atoms with Crippen LogP contribution < -0.4 is 10.4 Å². The predicted molar refractivity (Wildman–Crippen MR) is 115 cm³/mol. The minimum absolute atomic E-state index is 0.223. The molecule has 2 heterocycles. The van der Waals surface area contributed by atoms with E-state index in [2.05, 4.69) is 21.5 Å². The van der Waals surface area contributed by atoms with Crippen LogP contribution in [0, 0.1) is 25.2 Å². The number of rotatable bonds is 5. The van der Waals surface area contributed by atoms with Crippen molar-refractivity contribution in [3.63, 3.8) is 0 Å². The van der Waals surface area contributed by atoms with E-state index in [-0.39, 0.29) is 12.3 Å². The van der Waals surface area contributed by atoms with Gasteiger partial charge in [-0.05, 0) is 59.7 Å². The Balaban J connectivity index is 1.61. The summed E-state index contributed by atoms with van der Waals surface area (Å²) in [6.45, 7) is 4.08. The summed E-state index contributed by atoms with van der Waals surface area (Å²) in [5, 5.41) is 16.9. The fourth-order valence-electron chi connectivity index (χ4n) is 3.36. The second-order valence-corrected chi connectivity index (χ2v) is 7.13. The van der Waals surface area contributed by atoms with Gasteiger partial charge in [-0.25, -0.2) is 9.78 Å². The molecule has 4 rings (SSSR count). The van der Waals surface area contributed by atoms with Crippen molar-refractivity contribution < 1.29 is 4.74 Å². The highest BCUT2D eigenvalue weighted by Gasteiger charge is 2.14. The maximum atomic E-state index is 12.3. The van der Waals surface area contributed by atoms with Gasteiger partial charge in [-0.15, -0.1) is 0 Å². The van der Waals surface area contributed by atoms with E-state index >= 15 is 0 Å². The highest BCUT2D eigenvalue weighted by molar-refractivity contribution is 5.67. The molecule has 0 N–H and O–H groups in total. The molecule has 0 fully saturated rings. The van der Waals surface area contributed by atoms with Crippen molar-refractivity contribution in [2.75, 3.05) is 0 Å². The number of aryl methyl sites for hydroxylation is 3. The Morgan fingerprint density at radius 3 is 2.58 bits per heavy atom. The minimum atomic E-state index is -0.329. The van der Waals surface area contributed by atoms with Crippen LogP contribution in [-0.2, 0) is 13.7 Å². The lowest BCUT2D eigenvalue weighted by Gasteiger charge is -2.13. The van der Waals surface area contributed by atoms with E-state index in [0.717, 1.165) is 27.9 Å². The molecule has 31 heavy (non-hydrogen) atoms.